The van der Waals surface area contributed by atoms with Gasteiger partial charge in [0.05, 0.1) is 17.2 Å². The fourth-order valence-electron chi connectivity index (χ4n) is 1.68. The molecule has 0 aliphatic heterocycles. The minimum Gasteiger partial charge on any atom is -0.478 e. The summed E-state index contributed by atoms with van der Waals surface area (Å²) in [7, 11) is 0. The number of carboxylic acids is 1. The van der Waals surface area contributed by atoms with Gasteiger partial charge in [0.1, 0.15) is 5.82 Å². The van der Waals surface area contributed by atoms with Crippen LogP contribution >= 0.6 is 11.8 Å². The lowest BCUT2D eigenvalue weighted by Crippen LogP contribution is -1.95. The highest BCUT2D eigenvalue weighted by molar-refractivity contribution is 7.98. The van der Waals surface area contributed by atoms with Crippen molar-refractivity contribution >= 4 is 17.7 Å². The first-order chi connectivity index (χ1) is 9.58. The molecule has 0 aliphatic carbocycles. The van der Waals surface area contributed by atoms with E-state index in [0.29, 0.717) is 11.3 Å². The average Bonchev–Trinajstić information content (AvgIpc) is 2.44. The van der Waals surface area contributed by atoms with Gasteiger partial charge in [-0.25, -0.2) is 9.18 Å². The van der Waals surface area contributed by atoms with Crippen molar-refractivity contribution in [3.8, 4) is 6.07 Å². The summed E-state index contributed by atoms with van der Waals surface area (Å²) in [5.41, 5.74) is 1.18. The Labute approximate surface area is 119 Å². The van der Waals surface area contributed by atoms with E-state index in [1.54, 1.807) is 24.3 Å². The minimum atomic E-state index is -0.982. The lowest BCUT2D eigenvalue weighted by molar-refractivity contribution is 0.0696. The first-order valence-electron chi connectivity index (χ1n) is 5.74. The van der Waals surface area contributed by atoms with Gasteiger partial charge < -0.3 is 5.11 Å². The van der Waals surface area contributed by atoms with Crippen LogP contribution < -0.4 is 0 Å². The van der Waals surface area contributed by atoms with E-state index in [9.17, 15) is 9.18 Å². The molecule has 5 heteroatoms. The normalized spacial score (nSPS) is 10.0. The van der Waals surface area contributed by atoms with Crippen LogP contribution in [0.15, 0.2) is 47.4 Å². The maximum atomic E-state index is 13.3. The van der Waals surface area contributed by atoms with E-state index in [-0.39, 0.29) is 11.1 Å². The molecule has 0 radical (unpaired) electrons. The van der Waals surface area contributed by atoms with Crippen LogP contribution in [0.25, 0.3) is 0 Å². The number of nitriles is 1. The zero-order valence-electron chi connectivity index (χ0n) is 10.3. The number of hydrogen-bond acceptors (Lipinski definition) is 3. The van der Waals surface area contributed by atoms with Gasteiger partial charge in [0, 0.05) is 10.6 Å². The van der Waals surface area contributed by atoms with Gasteiger partial charge in [0.2, 0.25) is 0 Å². The molecule has 2 aromatic rings. The molecule has 0 heterocycles. The fourth-order valence-corrected chi connectivity index (χ4v) is 2.57. The molecule has 0 fully saturated rings. The maximum Gasteiger partial charge on any atom is 0.335 e. The summed E-state index contributed by atoms with van der Waals surface area (Å²) in [5, 5.41) is 17.7. The zero-order valence-corrected chi connectivity index (χ0v) is 11.2. The van der Waals surface area contributed by atoms with Gasteiger partial charge in [-0.3, -0.25) is 0 Å². The predicted octanol–water partition coefficient (Wildman–Crippen LogP) is 3.69. The largest absolute Gasteiger partial charge is 0.478 e. The second-order valence-electron chi connectivity index (χ2n) is 4.08. The topological polar surface area (TPSA) is 61.1 Å². The fraction of sp³-hybridized carbons (Fsp3) is 0.0667. The SMILES string of the molecule is N#Cc1cc(F)cc(CSc2cccc(C(=O)O)c2)c1. The van der Waals surface area contributed by atoms with Crippen LogP contribution in [0.2, 0.25) is 0 Å². The second-order valence-corrected chi connectivity index (χ2v) is 5.13. The van der Waals surface area contributed by atoms with Gasteiger partial charge in [0.25, 0.3) is 0 Å². The molecule has 2 aromatic carbocycles. The van der Waals surface area contributed by atoms with Crippen LogP contribution in [0.3, 0.4) is 0 Å². The number of halogens is 1. The van der Waals surface area contributed by atoms with Crippen molar-refractivity contribution in [3.05, 3.63) is 65.0 Å². The molecular weight excluding hydrogens is 277 g/mol. The van der Waals surface area contributed by atoms with E-state index < -0.39 is 11.8 Å². The number of rotatable bonds is 4. The van der Waals surface area contributed by atoms with Crippen LogP contribution in [0, 0.1) is 17.1 Å². The Morgan fingerprint density at radius 3 is 2.80 bits per heavy atom. The Morgan fingerprint density at radius 1 is 1.30 bits per heavy atom. The molecule has 0 atom stereocenters. The Hall–Kier alpha value is -2.32. The quantitative estimate of drug-likeness (QED) is 0.871. The van der Waals surface area contributed by atoms with Gasteiger partial charge in [-0.15, -0.1) is 11.8 Å². The summed E-state index contributed by atoms with van der Waals surface area (Å²) in [6.07, 6.45) is 0. The van der Waals surface area contributed by atoms with Crippen molar-refractivity contribution < 1.29 is 14.3 Å². The number of hydrogen-bond donors (Lipinski definition) is 1. The summed E-state index contributed by atoms with van der Waals surface area (Å²) in [5.74, 6) is -0.959. The second kappa shape index (κ2) is 6.22. The van der Waals surface area contributed by atoms with Gasteiger partial charge >= 0.3 is 5.97 Å². The summed E-state index contributed by atoms with van der Waals surface area (Å²) < 4.78 is 13.3. The third-order valence-corrected chi connectivity index (χ3v) is 3.64. The van der Waals surface area contributed by atoms with Crippen LogP contribution in [-0.2, 0) is 5.75 Å². The highest BCUT2D eigenvalue weighted by atomic mass is 32.2. The predicted molar refractivity (Wildman–Crippen MR) is 74.1 cm³/mol. The average molecular weight is 287 g/mol. The molecule has 20 heavy (non-hydrogen) atoms. The third kappa shape index (κ3) is 3.59. The number of carbonyl (C=O) groups is 1. The first-order valence-corrected chi connectivity index (χ1v) is 6.73. The maximum absolute atomic E-state index is 13.3. The molecule has 0 bridgehead atoms. The minimum absolute atomic E-state index is 0.215. The molecule has 0 aromatic heterocycles. The Bertz CT molecular complexity index is 695. The molecule has 0 saturated heterocycles. The smallest absolute Gasteiger partial charge is 0.335 e. The summed E-state index contributed by atoms with van der Waals surface area (Å²) in [4.78, 5) is 11.6. The van der Waals surface area contributed by atoms with E-state index >= 15 is 0 Å². The number of carboxylic acid groups (broad SMARTS) is 1. The van der Waals surface area contributed by atoms with E-state index in [1.165, 1.54) is 30.0 Å². The van der Waals surface area contributed by atoms with Crippen LogP contribution in [0.4, 0.5) is 4.39 Å². The highest BCUT2D eigenvalue weighted by Crippen LogP contribution is 2.24. The standard InChI is InChI=1S/C15H10FNO2S/c16-13-5-10(8-17)4-11(6-13)9-20-14-3-1-2-12(7-14)15(18)19/h1-7H,9H2,(H,18,19). The number of thioether (sulfide) groups is 1. The zero-order chi connectivity index (χ0) is 14.5. The van der Waals surface area contributed by atoms with Gasteiger partial charge in [-0.1, -0.05) is 6.07 Å². The van der Waals surface area contributed by atoms with E-state index in [1.807, 2.05) is 6.07 Å². The molecule has 3 nitrogen and oxygen atoms in total. The lowest BCUT2D eigenvalue weighted by Gasteiger charge is -2.04. The van der Waals surface area contributed by atoms with Crippen molar-refractivity contribution in [3.63, 3.8) is 0 Å². The van der Waals surface area contributed by atoms with Gasteiger partial charge in [-0.2, -0.15) is 5.26 Å². The van der Waals surface area contributed by atoms with Crippen LogP contribution in [-0.4, -0.2) is 11.1 Å². The molecule has 0 unspecified atom stereocenters. The molecule has 0 amide bonds. The van der Waals surface area contributed by atoms with Crippen molar-refractivity contribution in [2.24, 2.45) is 0 Å². The molecule has 100 valence electrons. The molecule has 0 saturated carbocycles. The van der Waals surface area contributed by atoms with Crippen molar-refractivity contribution in [2.75, 3.05) is 0 Å². The Balaban J connectivity index is 2.13. The molecule has 0 aliphatic rings. The molecule has 2 rings (SSSR count). The first kappa shape index (κ1) is 14.1. The van der Waals surface area contributed by atoms with Crippen molar-refractivity contribution in [1.29, 1.82) is 5.26 Å². The van der Waals surface area contributed by atoms with Crippen LogP contribution in [0.1, 0.15) is 21.5 Å². The van der Waals surface area contributed by atoms with E-state index in [2.05, 4.69) is 0 Å². The van der Waals surface area contributed by atoms with Crippen LogP contribution in [0.5, 0.6) is 0 Å². The van der Waals surface area contributed by atoms with Crippen molar-refractivity contribution in [2.45, 2.75) is 10.6 Å². The summed E-state index contributed by atoms with van der Waals surface area (Å²) >= 11 is 1.39. The molecule has 1 N–H and O–H groups in total. The highest BCUT2D eigenvalue weighted by Gasteiger charge is 2.05. The number of nitrogens with zero attached hydrogens (tertiary/aromatic N) is 1. The Morgan fingerprint density at radius 2 is 2.10 bits per heavy atom. The monoisotopic (exact) mass is 287 g/mol. The number of benzene rings is 2. The van der Waals surface area contributed by atoms with Gasteiger partial charge in [0.15, 0.2) is 0 Å². The summed E-state index contributed by atoms with van der Waals surface area (Å²) in [6, 6.07) is 12.6. The van der Waals surface area contributed by atoms with E-state index in [0.717, 1.165) is 4.90 Å². The lowest BCUT2D eigenvalue weighted by atomic mass is 10.1. The summed E-state index contributed by atoms with van der Waals surface area (Å²) in [6.45, 7) is 0. The Kier molecular flexibility index (Phi) is 4.38. The van der Waals surface area contributed by atoms with Gasteiger partial charge in [-0.05, 0) is 42.0 Å². The number of aromatic carboxylic acids is 1. The van der Waals surface area contributed by atoms with Crippen molar-refractivity contribution in [1.82, 2.24) is 0 Å². The third-order valence-electron chi connectivity index (χ3n) is 2.57. The molecule has 0 spiro atoms. The van der Waals surface area contributed by atoms with E-state index in [4.69, 9.17) is 10.4 Å². The molecular formula is C15H10FNO2S.